The van der Waals surface area contributed by atoms with E-state index in [0.29, 0.717) is 27.7 Å². The van der Waals surface area contributed by atoms with Gasteiger partial charge in [-0.25, -0.2) is 5.01 Å². The third kappa shape index (κ3) is 5.42. The van der Waals surface area contributed by atoms with Crippen molar-refractivity contribution in [3.63, 3.8) is 0 Å². The first-order valence-corrected chi connectivity index (χ1v) is 11.4. The predicted molar refractivity (Wildman–Crippen MR) is 137 cm³/mol. The van der Waals surface area contributed by atoms with Gasteiger partial charge in [0.2, 0.25) is 11.0 Å². The summed E-state index contributed by atoms with van der Waals surface area (Å²) in [6, 6.07) is 20.9. The Hall–Kier alpha value is -3.95. The maximum absolute atomic E-state index is 13.4. The van der Waals surface area contributed by atoms with Gasteiger partial charge in [0.15, 0.2) is 0 Å². The van der Waals surface area contributed by atoms with Gasteiger partial charge in [0.25, 0.3) is 11.8 Å². The summed E-state index contributed by atoms with van der Waals surface area (Å²) in [6.07, 6.45) is -0.250. The Morgan fingerprint density at radius 2 is 1.74 bits per heavy atom. The zero-order chi connectivity index (χ0) is 24.9. The molecule has 3 aromatic rings. The van der Waals surface area contributed by atoms with Gasteiger partial charge in [-0.1, -0.05) is 35.9 Å². The zero-order valence-corrected chi connectivity index (χ0v) is 20.2. The number of carbonyl (C=O) groups excluding carboxylic acids is 3. The molecule has 0 saturated carbocycles. The van der Waals surface area contributed by atoms with Gasteiger partial charge < -0.3 is 10.1 Å². The summed E-state index contributed by atoms with van der Waals surface area (Å²) in [6.45, 7) is 0. The Kier molecular flexibility index (Phi) is 7.28. The molecule has 0 radical (unpaired) electrons. The summed E-state index contributed by atoms with van der Waals surface area (Å²) < 4.78 is 5.18. The molecule has 10 heteroatoms. The molecule has 8 nitrogen and oxygen atoms in total. The van der Waals surface area contributed by atoms with Crippen LogP contribution in [-0.2, 0) is 9.59 Å². The molecular weight excluding hydrogens is 488 g/mol. The first-order chi connectivity index (χ1) is 16.9. The largest absolute Gasteiger partial charge is 0.497 e. The number of thiocarbonyl (C=S) groups is 1. The van der Waals surface area contributed by atoms with E-state index in [-0.39, 0.29) is 11.5 Å². The average molecular weight is 509 g/mol. The number of para-hydroxylation sites is 1. The van der Waals surface area contributed by atoms with Crippen LogP contribution in [-0.4, -0.2) is 41.0 Å². The number of halogens is 1. The van der Waals surface area contributed by atoms with Crippen molar-refractivity contribution in [2.75, 3.05) is 17.3 Å². The predicted octanol–water partition coefficient (Wildman–Crippen LogP) is 4.02. The topological polar surface area (TPSA) is 91.0 Å². The van der Waals surface area contributed by atoms with E-state index in [0.717, 1.165) is 0 Å². The SMILES string of the molecule is COc1cccc(NC(=O)CC2C(=O)N(c3ccccc3)C(=S)N2NC(=O)c2ccc(Cl)cc2)c1. The highest BCUT2D eigenvalue weighted by molar-refractivity contribution is 7.80. The fraction of sp³-hybridized carbons (Fsp3) is 0.120. The molecule has 35 heavy (non-hydrogen) atoms. The number of hydrazine groups is 1. The highest BCUT2D eigenvalue weighted by Crippen LogP contribution is 2.26. The molecular formula is C25H21ClN4O4S. The van der Waals surface area contributed by atoms with E-state index in [1.807, 2.05) is 6.07 Å². The van der Waals surface area contributed by atoms with Crippen LogP contribution >= 0.6 is 23.8 Å². The molecule has 178 valence electrons. The Balaban J connectivity index is 1.58. The fourth-order valence-corrected chi connectivity index (χ4v) is 4.07. The van der Waals surface area contributed by atoms with Crippen LogP contribution in [0.5, 0.6) is 5.75 Å². The maximum Gasteiger partial charge on any atom is 0.269 e. The first-order valence-electron chi connectivity index (χ1n) is 10.6. The summed E-state index contributed by atoms with van der Waals surface area (Å²) >= 11 is 11.5. The van der Waals surface area contributed by atoms with E-state index >= 15 is 0 Å². The van der Waals surface area contributed by atoms with Crippen molar-refractivity contribution < 1.29 is 19.1 Å². The average Bonchev–Trinajstić information content (AvgIpc) is 3.08. The second-order valence-electron chi connectivity index (χ2n) is 7.61. The standard InChI is InChI=1S/C25H21ClN4O4S/c1-34-20-9-5-6-18(14-20)27-22(31)15-21-24(33)29(19-7-3-2-4-8-19)25(35)30(21)28-23(32)16-10-12-17(26)13-11-16/h2-14,21H,15H2,1H3,(H,27,31)(H,28,32). The van der Waals surface area contributed by atoms with Crippen molar-refractivity contribution in [1.29, 1.82) is 0 Å². The number of carbonyl (C=O) groups is 3. The van der Waals surface area contributed by atoms with E-state index in [1.165, 1.54) is 17.0 Å². The second kappa shape index (κ2) is 10.5. The van der Waals surface area contributed by atoms with E-state index in [4.69, 9.17) is 28.6 Å². The summed E-state index contributed by atoms with van der Waals surface area (Å²) in [5.74, 6) is -0.781. The zero-order valence-electron chi connectivity index (χ0n) is 18.6. The minimum Gasteiger partial charge on any atom is -0.497 e. The smallest absolute Gasteiger partial charge is 0.269 e. The van der Waals surface area contributed by atoms with Crippen molar-refractivity contribution in [3.05, 3.63) is 89.4 Å². The molecule has 1 unspecified atom stereocenters. The number of nitrogens with one attached hydrogen (secondary N) is 2. The van der Waals surface area contributed by atoms with Crippen LogP contribution in [0.1, 0.15) is 16.8 Å². The lowest BCUT2D eigenvalue weighted by atomic mass is 10.1. The van der Waals surface area contributed by atoms with Crippen LogP contribution in [0.25, 0.3) is 0 Å². The molecule has 1 heterocycles. The number of hydrogen-bond donors (Lipinski definition) is 2. The third-order valence-electron chi connectivity index (χ3n) is 5.29. The van der Waals surface area contributed by atoms with Gasteiger partial charge in [-0.2, -0.15) is 0 Å². The lowest BCUT2D eigenvalue weighted by Gasteiger charge is -2.24. The van der Waals surface area contributed by atoms with E-state index in [2.05, 4.69) is 10.7 Å². The van der Waals surface area contributed by atoms with Gasteiger partial charge in [0.05, 0.1) is 19.2 Å². The van der Waals surface area contributed by atoms with Gasteiger partial charge >= 0.3 is 0 Å². The summed E-state index contributed by atoms with van der Waals surface area (Å²) in [4.78, 5) is 40.5. The van der Waals surface area contributed by atoms with Crippen molar-refractivity contribution in [2.24, 2.45) is 0 Å². The number of ether oxygens (including phenoxy) is 1. The molecule has 4 rings (SSSR count). The molecule has 1 atom stereocenters. The number of amides is 3. The van der Waals surface area contributed by atoms with Crippen LogP contribution in [0, 0.1) is 0 Å². The molecule has 0 spiro atoms. The minimum atomic E-state index is -1.05. The van der Waals surface area contributed by atoms with Crippen molar-refractivity contribution in [3.8, 4) is 5.75 Å². The lowest BCUT2D eigenvalue weighted by molar-refractivity contribution is -0.124. The van der Waals surface area contributed by atoms with E-state index < -0.39 is 23.8 Å². The van der Waals surface area contributed by atoms with Crippen molar-refractivity contribution in [2.45, 2.75) is 12.5 Å². The summed E-state index contributed by atoms with van der Waals surface area (Å²) in [7, 11) is 1.53. The van der Waals surface area contributed by atoms with Crippen LogP contribution in [0.3, 0.4) is 0 Å². The summed E-state index contributed by atoms with van der Waals surface area (Å²) in [5, 5.41) is 4.56. The molecule has 0 aromatic heterocycles. The number of methoxy groups -OCH3 is 1. The van der Waals surface area contributed by atoms with Gasteiger partial charge in [-0.05, 0) is 60.7 Å². The number of benzene rings is 3. The van der Waals surface area contributed by atoms with Crippen LogP contribution in [0.2, 0.25) is 5.02 Å². The number of hydrogen-bond acceptors (Lipinski definition) is 5. The molecule has 1 saturated heterocycles. The number of anilines is 2. The summed E-state index contributed by atoms with van der Waals surface area (Å²) in [5.41, 5.74) is 4.05. The Labute approximate surface area is 212 Å². The van der Waals surface area contributed by atoms with Gasteiger partial charge in [0.1, 0.15) is 11.8 Å². The normalized spacial score (nSPS) is 15.2. The molecule has 2 N–H and O–H groups in total. The molecule has 1 aliphatic rings. The molecule has 0 aliphatic carbocycles. The van der Waals surface area contributed by atoms with Gasteiger partial charge in [-0.3, -0.25) is 24.7 Å². The van der Waals surface area contributed by atoms with Crippen LogP contribution in [0.15, 0.2) is 78.9 Å². The van der Waals surface area contributed by atoms with Crippen LogP contribution < -0.4 is 20.4 Å². The monoisotopic (exact) mass is 508 g/mol. The third-order valence-corrected chi connectivity index (χ3v) is 5.92. The molecule has 3 amide bonds. The Bertz CT molecular complexity index is 1270. The molecule has 3 aromatic carbocycles. The highest BCUT2D eigenvalue weighted by Gasteiger charge is 2.45. The highest BCUT2D eigenvalue weighted by atomic mass is 35.5. The lowest BCUT2D eigenvalue weighted by Crippen LogP contribution is -2.49. The van der Waals surface area contributed by atoms with E-state index in [1.54, 1.807) is 72.8 Å². The van der Waals surface area contributed by atoms with E-state index in [9.17, 15) is 14.4 Å². The Morgan fingerprint density at radius 3 is 2.43 bits per heavy atom. The van der Waals surface area contributed by atoms with Crippen LogP contribution in [0.4, 0.5) is 11.4 Å². The van der Waals surface area contributed by atoms with Gasteiger partial charge in [-0.15, -0.1) is 0 Å². The quantitative estimate of drug-likeness (QED) is 0.468. The second-order valence-corrected chi connectivity index (χ2v) is 8.41. The number of rotatable bonds is 7. The maximum atomic E-state index is 13.4. The Morgan fingerprint density at radius 1 is 1.03 bits per heavy atom. The minimum absolute atomic E-state index is 0.0580. The fourth-order valence-electron chi connectivity index (χ4n) is 3.58. The molecule has 1 aliphatic heterocycles. The number of nitrogens with zero attached hydrogens (tertiary/aromatic N) is 2. The van der Waals surface area contributed by atoms with Gasteiger partial charge in [0, 0.05) is 22.3 Å². The first kappa shape index (κ1) is 24.2. The molecule has 0 bridgehead atoms. The van der Waals surface area contributed by atoms with Crippen molar-refractivity contribution in [1.82, 2.24) is 10.4 Å². The molecule has 1 fully saturated rings. The van der Waals surface area contributed by atoms with Crippen molar-refractivity contribution >= 4 is 58.0 Å².